The zero-order valence-electron chi connectivity index (χ0n) is 11.3. The van der Waals surface area contributed by atoms with E-state index in [-0.39, 0.29) is 0 Å². The topological polar surface area (TPSA) is 21.3 Å². The van der Waals surface area contributed by atoms with Gasteiger partial charge in [-0.25, -0.2) is 0 Å². The Morgan fingerprint density at radius 3 is 2.94 bits per heavy atom. The Morgan fingerprint density at radius 1 is 1.28 bits per heavy atom. The van der Waals surface area contributed by atoms with E-state index < -0.39 is 0 Å². The van der Waals surface area contributed by atoms with E-state index in [0.717, 1.165) is 12.5 Å². The number of benzene rings is 1. The molecule has 0 bridgehead atoms. The van der Waals surface area contributed by atoms with Gasteiger partial charge in [0, 0.05) is 0 Å². The van der Waals surface area contributed by atoms with Crippen molar-refractivity contribution >= 4 is 0 Å². The molecule has 0 atom stereocenters. The van der Waals surface area contributed by atoms with Gasteiger partial charge in [-0.2, -0.15) is 0 Å². The fourth-order valence-electron chi connectivity index (χ4n) is 3.29. The molecule has 0 aliphatic carbocycles. The maximum Gasteiger partial charge on any atom is 0.125 e. The largest absolute Gasteiger partial charge is 0.493 e. The summed E-state index contributed by atoms with van der Waals surface area (Å²) in [6.07, 6.45) is 6.18. The van der Waals surface area contributed by atoms with E-state index in [0.29, 0.717) is 0 Å². The SMILES string of the molecule is Cc1cc2c(c(CC3CCNCC3)c1)OCCC2. The molecule has 1 fully saturated rings. The lowest BCUT2D eigenvalue weighted by atomic mass is 9.88. The first-order valence-corrected chi connectivity index (χ1v) is 7.29. The van der Waals surface area contributed by atoms with E-state index in [9.17, 15) is 0 Å². The van der Waals surface area contributed by atoms with E-state index in [4.69, 9.17) is 4.74 Å². The summed E-state index contributed by atoms with van der Waals surface area (Å²) in [6, 6.07) is 4.65. The quantitative estimate of drug-likeness (QED) is 0.865. The van der Waals surface area contributed by atoms with Gasteiger partial charge in [-0.3, -0.25) is 0 Å². The average molecular weight is 245 g/mol. The predicted octanol–water partition coefficient (Wildman–Crippen LogP) is 2.86. The van der Waals surface area contributed by atoms with E-state index in [1.54, 1.807) is 0 Å². The Hall–Kier alpha value is -1.02. The first-order valence-electron chi connectivity index (χ1n) is 7.29. The summed E-state index contributed by atoms with van der Waals surface area (Å²) in [5.74, 6) is 2.05. The number of hydrogen-bond acceptors (Lipinski definition) is 2. The molecule has 2 nitrogen and oxygen atoms in total. The summed E-state index contributed by atoms with van der Waals surface area (Å²) in [7, 11) is 0. The van der Waals surface area contributed by atoms with Gasteiger partial charge in [-0.15, -0.1) is 0 Å². The van der Waals surface area contributed by atoms with Gasteiger partial charge in [0.1, 0.15) is 5.75 Å². The van der Waals surface area contributed by atoms with Gasteiger partial charge in [0.2, 0.25) is 0 Å². The van der Waals surface area contributed by atoms with Crippen molar-refractivity contribution in [2.75, 3.05) is 19.7 Å². The molecule has 98 valence electrons. The standard InChI is InChI=1S/C16H23NO/c1-12-9-14-3-2-8-18-16(14)15(10-12)11-13-4-6-17-7-5-13/h9-10,13,17H,2-8,11H2,1H3. The second-order valence-electron chi connectivity index (χ2n) is 5.76. The molecule has 0 spiro atoms. The number of fused-ring (bicyclic) bond motifs is 1. The van der Waals surface area contributed by atoms with Crippen LogP contribution in [0.2, 0.25) is 0 Å². The van der Waals surface area contributed by atoms with Crippen LogP contribution in [0.15, 0.2) is 12.1 Å². The molecule has 1 saturated heterocycles. The number of aryl methyl sites for hydroxylation is 2. The zero-order valence-corrected chi connectivity index (χ0v) is 11.3. The Kier molecular flexibility index (Phi) is 3.55. The lowest BCUT2D eigenvalue weighted by molar-refractivity contribution is 0.281. The molecule has 1 aromatic carbocycles. The van der Waals surface area contributed by atoms with E-state index in [2.05, 4.69) is 24.4 Å². The van der Waals surface area contributed by atoms with Gasteiger partial charge in [-0.1, -0.05) is 17.7 Å². The third-order valence-corrected chi connectivity index (χ3v) is 4.19. The summed E-state index contributed by atoms with van der Waals surface area (Å²) in [5.41, 5.74) is 4.28. The molecular formula is C16H23NO. The maximum absolute atomic E-state index is 5.94. The third-order valence-electron chi connectivity index (χ3n) is 4.19. The van der Waals surface area contributed by atoms with Crippen LogP contribution in [0.4, 0.5) is 0 Å². The summed E-state index contributed by atoms with van der Waals surface area (Å²) in [5, 5.41) is 3.44. The Balaban J connectivity index is 1.83. The van der Waals surface area contributed by atoms with Crippen molar-refractivity contribution in [3.63, 3.8) is 0 Å². The number of piperidine rings is 1. The number of hydrogen-bond donors (Lipinski definition) is 1. The second kappa shape index (κ2) is 5.31. The van der Waals surface area contributed by atoms with Crippen LogP contribution in [0.1, 0.15) is 36.0 Å². The van der Waals surface area contributed by atoms with Gasteiger partial charge in [0.05, 0.1) is 6.61 Å². The van der Waals surface area contributed by atoms with Crippen molar-refractivity contribution in [2.45, 2.75) is 39.0 Å². The van der Waals surface area contributed by atoms with Crippen LogP contribution in [0.5, 0.6) is 5.75 Å². The normalized spacial score (nSPS) is 20.3. The van der Waals surface area contributed by atoms with Gasteiger partial charge < -0.3 is 10.1 Å². The van der Waals surface area contributed by atoms with Gasteiger partial charge in [-0.05, 0) is 69.2 Å². The monoisotopic (exact) mass is 245 g/mol. The predicted molar refractivity (Wildman–Crippen MR) is 74.3 cm³/mol. The lowest BCUT2D eigenvalue weighted by Crippen LogP contribution is -2.29. The highest BCUT2D eigenvalue weighted by Gasteiger charge is 2.19. The smallest absolute Gasteiger partial charge is 0.125 e. The van der Waals surface area contributed by atoms with Crippen LogP contribution < -0.4 is 10.1 Å². The van der Waals surface area contributed by atoms with Crippen LogP contribution in [-0.2, 0) is 12.8 Å². The summed E-state index contributed by atoms with van der Waals surface area (Å²) in [4.78, 5) is 0. The first-order chi connectivity index (χ1) is 8.83. The molecule has 0 aromatic heterocycles. The van der Waals surface area contributed by atoms with Gasteiger partial charge >= 0.3 is 0 Å². The molecule has 2 aliphatic rings. The minimum absolute atomic E-state index is 0.836. The van der Waals surface area contributed by atoms with Gasteiger partial charge in [0.25, 0.3) is 0 Å². The molecule has 0 saturated carbocycles. The van der Waals surface area contributed by atoms with Crippen molar-refractivity contribution in [1.82, 2.24) is 5.32 Å². The van der Waals surface area contributed by atoms with Crippen LogP contribution in [0.3, 0.4) is 0 Å². The molecule has 1 N–H and O–H groups in total. The second-order valence-corrected chi connectivity index (χ2v) is 5.76. The fraction of sp³-hybridized carbons (Fsp3) is 0.625. The molecule has 3 rings (SSSR count). The summed E-state index contributed by atoms with van der Waals surface area (Å²) < 4.78 is 5.94. The zero-order chi connectivity index (χ0) is 12.4. The third kappa shape index (κ3) is 2.54. The van der Waals surface area contributed by atoms with E-state index in [1.165, 1.54) is 67.6 Å². The number of ether oxygens (including phenoxy) is 1. The molecule has 0 unspecified atom stereocenters. The minimum atomic E-state index is 0.836. The van der Waals surface area contributed by atoms with Crippen molar-refractivity contribution in [2.24, 2.45) is 5.92 Å². The first kappa shape index (κ1) is 12.0. The molecule has 2 aliphatic heterocycles. The minimum Gasteiger partial charge on any atom is -0.493 e. The van der Waals surface area contributed by atoms with E-state index >= 15 is 0 Å². The molecule has 0 radical (unpaired) electrons. The summed E-state index contributed by atoms with van der Waals surface area (Å²) in [6.45, 7) is 5.47. The van der Waals surface area contributed by atoms with Crippen LogP contribution in [0.25, 0.3) is 0 Å². The Labute approximate surface area is 110 Å². The van der Waals surface area contributed by atoms with E-state index in [1.807, 2.05) is 0 Å². The highest BCUT2D eigenvalue weighted by atomic mass is 16.5. The lowest BCUT2D eigenvalue weighted by Gasteiger charge is -2.26. The fourth-order valence-corrected chi connectivity index (χ4v) is 3.29. The van der Waals surface area contributed by atoms with Gasteiger partial charge in [0.15, 0.2) is 0 Å². The molecule has 1 aromatic rings. The molecule has 18 heavy (non-hydrogen) atoms. The van der Waals surface area contributed by atoms with Crippen molar-refractivity contribution < 1.29 is 4.74 Å². The number of nitrogens with one attached hydrogen (secondary N) is 1. The van der Waals surface area contributed by atoms with Crippen LogP contribution >= 0.6 is 0 Å². The molecular weight excluding hydrogens is 222 g/mol. The van der Waals surface area contributed by atoms with Crippen LogP contribution in [-0.4, -0.2) is 19.7 Å². The number of rotatable bonds is 2. The Morgan fingerprint density at radius 2 is 2.11 bits per heavy atom. The van der Waals surface area contributed by atoms with Crippen molar-refractivity contribution in [3.8, 4) is 5.75 Å². The molecule has 2 heteroatoms. The molecule has 2 heterocycles. The molecule has 0 amide bonds. The highest BCUT2D eigenvalue weighted by Crippen LogP contribution is 2.33. The average Bonchev–Trinajstić information content (AvgIpc) is 2.40. The summed E-state index contributed by atoms with van der Waals surface area (Å²) >= 11 is 0. The van der Waals surface area contributed by atoms with Crippen molar-refractivity contribution in [3.05, 3.63) is 28.8 Å². The van der Waals surface area contributed by atoms with Crippen LogP contribution in [0, 0.1) is 12.8 Å². The highest BCUT2D eigenvalue weighted by molar-refractivity contribution is 5.45. The van der Waals surface area contributed by atoms with Crippen molar-refractivity contribution in [1.29, 1.82) is 0 Å². The maximum atomic E-state index is 5.94. The Bertz CT molecular complexity index is 421.